The Labute approximate surface area is 145 Å². The molecule has 0 saturated heterocycles. The monoisotopic (exact) mass is 356 g/mol. The minimum absolute atomic E-state index is 0.191. The number of fused-ring (bicyclic) bond motifs is 1. The Hall–Kier alpha value is -2.77. The maximum absolute atomic E-state index is 12.3. The third-order valence-corrected chi connectivity index (χ3v) is 4.19. The average molecular weight is 357 g/mol. The molecule has 4 rings (SSSR count). The van der Waals surface area contributed by atoms with Crippen molar-refractivity contribution in [3.63, 3.8) is 0 Å². The van der Waals surface area contributed by atoms with E-state index in [1.54, 1.807) is 48.5 Å². The van der Waals surface area contributed by atoms with Gasteiger partial charge >= 0.3 is 0 Å². The first-order chi connectivity index (χ1) is 11.7. The fourth-order valence-electron chi connectivity index (χ4n) is 2.19. The summed E-state index contributed by atoms with van der Waals surface area (Å²) in [5, 5.41) is 7.21. The summed E-state index contributed by atoms with van der Waals surface area (Å²) in [6.07, 6.45) is 0. The van der Waals surface area contributed by atoms with Crippen molar-refractivity contribution in [3.05, 3.63) is 59.2 Å². The summed E-state index contributed by atoms with van der Waals surface area (Å²) in [6, 6.07) is 14.0. The lowest BCUT2D eigenvalue weighted by Gasteiger charge is -2.01. The second-order valence-electron chi connectivity index (χ2n) is 5.01. The van der Waals surface area contributed by atoms with E-state index in [2.05, 4.69) is 19.2 Å². The van der Waals surface area contributed by atoms with Crippen LogP contribution in [0.25, 0.3) is 22.4 Å². The Morgan fingerprint density at radius 3 is 2.67 bits per heavy atom. The van der Waals surface area contributed by atoms with E-state index in [0.717, 1.165) is 28.3 Å². The van der Waals surface area contributed by atoms with Crippen molar-refractivity contribution >= 4 is 46.0 Å². The number of rotatable bonds is 3. The van der Waals surface area contributed by atoms with Gasteiger partial charge < -0.3 is 9.84 Å². The van der Waals surface area contributed by atoms with Gasteiger partial charge in [0.15, 0.2) is 11.5 Å². The smallest absolute Gasteiger partial charge is 0.277 e. The zero-order chi connectivity index (χ0) is 16.5. The van der Waals surface area contributed by atoms with Crippen molar-refractivity contribution in [1.29, 1.82) is 0 Å². The number of benzene rings is 2. The maximum atomic E-state index is 12.3. The fourth-order valence-corrected chi connectivity index (χ4v) is 2.83. The molecule has 2 heterocycles. The first kappa shape index (κ1) is 14.8. The highest BCUT2D eigenvalue weighted by Crippen LogP contribution is 2.23. The summed E-state index contributed by atoms with van der Waals surface area (Å²) in [5.74, 6) is 0.137. The summed E-state index contributed by atoms with van der Waals surface area (Å²) >= 11 is 6.99. The number of amides is 1. The van der Waals surface area contributed by atoms with E-state index >= 15 is 0 Å². The first-order valence-corrected chi connectivity index (χ1v) is 8.06. The summed E-state index contributed by atoms with van der Waals surface area (Å²) < 4.78 is 13.5. The average Bonchev–Trinajstić information content (AvgIpc) is 3.24. The van der Waals surface area contributed by atoms with E-state index < -0.39 is 0 Å². The summed E-state index contributed by atoms with van der Waals surface area (Å²) in [7, 11) is 0. The van der Waals surface area contributed by atoms with Gasteiger partial charge in [0.1, 0.15) is 11.0 Å². The van der Waals surface area contributed by atoms with Gasteiger partial charge in [0.05, 0.1) is 11.7 Å². The van der Waals surface area contributed by atoms with Gasteiger partial charge in [-0.2, -0.15) is 8.75 Å². The molecule has 0 radical (unpaired) electrons. The molecule has 2 aromatic carbocycles. The van der Waals surface area contributed by atoms with Gasteiger partial charge in [0.2, 0.25) is 0 Å². The van der Waals surface area contributed by atoms with Crippen molar-refractivity contribution in [2.75, 3.05) is 5.32 Å². The zero-order valence-electron chi connectivity index (χ0n) is 12.1. The molecule has 0 aliphatic rings. The Morgan fingerprint density at radius 2 is 1.83 bits per heavy atom. The molecule has 6 nitrogen and oxygen atoms in total. The van der Waals surface area contributed by atoms with Gasteiger partial charge in [-0.1, -0.05) is 16.8 Å². The van der Waals surface area contributed by atoms with Crippen molar-refractivity contribution in [3.8, 4) is 11.3 Å². The molecule has 0 bridgehead atoms. The molecule has 0 saturated carbocycles. The van der Waals surface area contributed by atoms with Gasteiger partial charge in [-0.3, -0.25) is 4.79 Å². The first-order valence-electron chi connectivity index (χ1n) is 6.95. The normalized spacial score (nSPS) is 10.9. The largest absolute Gasteiger partial charge is 0.355 e. The van der Waals surface area contributed by atoms with Crippen molar-refractivity contribution in [1.82, 2.24) is 13.9 Å². The minimum Gasteiger partial charge on any atom is -0.355 e. The number of halogens is 1. The molecule has 0 spiro atoms. The number of nitrogens with one attached hydrogen (secondary N) is 1. The molecule has 118 valence electrons. The molecular formula is C16H9ClN4O2S. The van der Waals surface area contributed by atoms with E-state index in [0.29, 0.717) is 16.5 Å². The standard InChI is InChI=1S/C16H9ClN4O2S/c17-10-3-1-9(2-4-10)15-8-14(19-23-15)16(22)18-11-5-6-12-13(7-11)21-24-20-12/h1-8H,(H,18,22). The quantitative estimate of drug-likeness (QED) is 0.593. The third-order valence-electron chi connectivity index (χ3n) is 3.38. The fraction of sp³-hybridized carbons (Fsp3) is 0. The van der Waals surface area contributed by atoms with Crippen LogP contribution >= 0.6 is 23.3 Å². The van der Waals surface area contributed by atoms with Crippen LogP contribution in [0.4, 0.5) is 5.69 Å². The van der Waals surface area contributed by atoms with Crippen LogP contribution in [0.5, 0.6) is 0 Å². The number of aromatic nitrogens is 3. The molecule has 0 aliphatic carbocycles. The predicted octanol–water partition coefficient (Wildman–Crippen LogP) is 4.25. The predicted molar refractivity (Wildman–Crippen MR) is 92.3 cm³/mol. The van der Waals surface area contributed by atoms with Gasteiger partial charge in [-0.15, -0.1) is 0 Å². The van der Waals surface area contributed by atoms with Crippen LogP contribution in [0.2, 0.25) is 5.02 Å². The highest BCUT2D eigenvalue weighted by molar-refractivity contribution is 7.00. The second-order valence-corrected chi connectivity index (χ2v) is 5.97. The molecule has 1 N–H and O–H groups in total. The van der Waals surface area contributed by atoms with E-state index in [-0.39, 0.29) is 11.6 Å². The third kappa shape index (κ3) is 2.86. The van der Waals surface area contributed by atoms with E-state index in [1.807, 2.05) is 0 Å². The topological polar surface area (TPSA) is 80.9 Å². The van der Waals surface area contributed by atoms with Crippen molar-refractivity contribution < 1.29 is 9.32 Å². The minimum atomic E-state index is -0.360. The van der Waals surface area contributed by atoms with Crippen LogP contribution in [0.15, 0.2) is 53.1 Å². The van der Waals surface area contributed by atoms with Crippen LogP contribution in [0.1, 0.15) is 10.5 Å². The van der Waals surface area contributed by atoms with Crippen LogP contribution in [0, 0.1) is 0 Å². The van der Waals surface area contributed by atoms with E-state index in [9.17, 15) is 4.79 Å². The van der Waals surface area contributed by atoms with Crippen LogP contribution in [-0.2, 0) is 0 Å². The summed E-state index contributed by atoms with van der Waals surface area (Å²) in [5.41, 5.74) is 3.14. The Kier molecular flexibility index (Phi) is 3.72. The molecule has 0 fully saturated rings. The highest BCUT2D eigenvalue weighted by atomic mass is 35.5. The van der Waals surface area contributed by atoms with Crippen LogP contribution in [0.3, 0.4) is 0 Å². The summed E-state index contributed by atoms with van der Waals surface area (Å²) in [6.45, 7) is 0. The molecule has 0 aliphatic heterocycles. The lowest BCUT2D eigenvalue weighted by molar-refractivity contribution is 0.101. The Bertz CT molecular complexity index is 1030. The SMILES string of the molecule is O=C(Nc1ccc2nsnc2c1)c1cc(-c2ccc(Cl)cc2)on1. The molecule has 1 amide bonds. The van der Waals surface area contributed by atoms with Gasteiger partial charge in [0.25, 0.3) is 5.91 Å². The van der Waals surface area contributed by atoms with Gasteiger partial charge in [-0.05, 0) is 42.5 Å². The molecule has 24 heavy (non-hydrogen) atoms. The van der Waals surface area contributed by atoms with Crippen LogP contribution < -0.4 is 5.32 Å². The lowest BCUT2D eigenvalue weighted by Crippen LogP contribution is -2.12. The second kappa shape index (κ2) is 6.03. The van der Waals surface area contributed by atoms with Gasteiger partial charge in [0, 0.05) is 22.3 Å². The van der Waals surface area contributed by atoms with E-state index in [4.69, 9.17) is 16.1 Å². The Balaban J connectivity index is 1.55. The number of hydrogen-bond donors (Lipinski definition) is 1. The molecule has 0 unspecified atom stereocenters. The Morgan fingerprint density at radius 1 is 1.04 bits per heavy atom. The van der Waals surface area contributed by atoms with Crippen LogP contribution in [-0.4, -0.2) is 19.8 Å². The number of hydrogen-bond acceptors (Lipinski definition) is 6. The zero-order valence-corrected chi connectivity index (χ0v) is 13.6. The molecule has 8 heteroatoms. The summed E-state index contributed by atoms with van der Waals surface area (Å²) in [4.78, 5) is 12.3. The number of nitrogens with zero attached hydrogens (tertiary/aromatic N) is 3. The maximum Gasteiger partial charge on any atom is 0.277 e. The molecule has 0 atom stereocenters. The molecule has 2 aromatic heterocycles. The van der Waals surface area contributed by atoms with E-state index in [1.165, 1.54) is 0 Å². The molecular weight excluding hydrogens is 348 g/mol. The van der Waals surface area contributed by atoms with Gasteiger partial charge in [-0.25, -0.2) is 0 Å². The number of carbonyl (C=O) groups is 1. The molecule has 4 aromatic rings. The number of anilines is 1. The number of carbonyl (C=O) groups excluding carboxylic acids is 1. The lowest BCUT2D eigenvalue weighted by atomic mass is 10.1. The van der Waals surface area contributed by atoms with Crippen molar-refractivity contribution in [2.45, 2.75) is 0 Å². The highest BCUT2D eigenvalue weighted by Gasteiger charge is 2.14. The van der Waals surface area contributed by atoms with Crippen molar-refractivity contribution in [2.24, 2.45) is 0 Å².